The summed E-state index contributed by atoms with van der Waals surface area (Å²) in [7, 11) is 0. The summed E-state index contributed by atoms with van der Waals surface area (Å²) in [4.78, 5) is 13.9. The molecule has 0 bridgehead atoms. The summed E-state index contributed by atoms with van der Waals surface area (Å²) in [6.45, 7) is 3.35. The van der Waals surface area contributed by atoms with Crippen LogP contribution in [0.3, 0.4) is 0 Å². The Bertz CT molecular complexity index is 500. The van der Waals surface area contributed by atoms with Gasteiger partial charge in [0.15, 0.2) is 11.6 Å². The number of nitrogens with one attached hydrogen (secondary N) is 1. The number of fused-ring (bicyclic) bond motifs is 1. The highest BCUT2D eigenvalue weighted by atomic mass is 35.5. The van der Waals surface area contributed by atoms with Gasteiger partial charge in [0, 0.05) is 31.7 Å². The van der Waals surface area contributed by atoms with Crippen molar-refractivity contribution in [3.05, 3.63) is 35.4 Å². The van der Waals surface area contributed by atoms with E-state index in [1.165, 1.54) is 12.1 Å². The van der Waals surface area contributed by atoms with Crippen LogP contribution in [0.4, 0.5) is 8.78 Å². The highest BCUT2D eigenvalue weighted by Gasteiger charge is 2.37. The molecule has 1 aromatic rings. The second kappa shape index (κ2) is 6.06. The van der Waals surface area contributed by atoms with Gasteiger partial charge in [-0.05, 0) is 17.9 Å². The average molecular weight is 303 g/mol. The maximum Gasteiger partial charge on any atom is 0.227 e. The summed E-state index contributed by atoms with van der Waals surface area (Å²) in [5.74, 6) is -0.883. The van der Waals surface area contributed by atoms with Crippen molar-refractivity contribution in [1.82, 2.24) is 10.2 Å². The molecule has 6 heteroatoms. The Balaban J connectivity index is 0.00000147. The number of rotatable bonds is 2. The molecule has 3 nitrogen and oxygen atoms in total. The third-order valence-electron chi connectivity index (χ3n) is 4.12. The van der Waals surface area contributed by atoms with E-state index >= 15 is 0 Å². The predicted octanol–water partition coefficient (Wildman–Crippen LogP) is 1.61. The Hall–Kier alpha value is -1.20. The summed E-state index contributed by atoms with van der Waals surface area (Å²) in [5.41, 5.74) is 0.139. The lowest BCUT2D eigenvalue weighted by atomic mass is 10.0. The van der Waals surface area contributed by atoms with E-state index in [1.807, 2.05) is 0 Å². The maximum absolute atomic E-state index is 13.5. The zero-order chi connectivity index (χ0) is 13.4. The van der Waals surface area contributed by atoms with Crippen molar-refractivity contribution in [2.45, 2.75) is 6.42 Å². The Labute approximate surface area is 122 Å². The number of likely N-dealkylation sites (tertiary alicyclic amines) is 1. The van der Waals surface area contributed by atoms with Gasteiger partial charge in [-0.15, -0.1) is 12.4 Å². The first-order chi connectivity index (χ1) is 9.15. The second-order valence-electron chi connectivity index (χ2n) is 5.37. The van der Waals surface area contributed by atoms with Crippen LogP contribution in [0.1, 0.15) is 5.56 Å². The van der Waals surface area contributed by atoms with Gasteiger partial charge in [-0.1, -0.05) is 12.1 Å². The van der Waals surface area contributed by atoms with Crippen molar-refractivity contribution in [2.24, 2.45) is 11.8 Å². The number of nitrogens with zero attached hydrogens (tertiary/aromatic N) is 1. The van der Waals surface area contributed by atoms with E-state index in [0.717, 1.165) is 32.2 Å². The van der Waals surface area contributed by atoms with Crippen molar-refractivity contribution in [2.75, 3.05) is 26.2 Å². The third kappa shape index (κ3) is 2.79. The summed E-state index contributed by atoms with van der Waals surface area (Å²) >= 11 is 0. The second-order valence-corrected chi connectivity index (χ2v) is 5.37. The molecule has 0 aliphatic carbocycles. The van der Waals surface area contributed by atoms with Gasteiger partial charge in [-0.3, -0.25) is 4.79 Å². The van der Waals surface area contributed by atoms with Gasteiger partial charge in [0.05, 0.1) is 6.42 Å². The largest absolute Gasteiger partial charge is 0.342 e. The number of carbonyl (C=O) groups excluding carboxylic acids is 1. The zero-order valence-electron chi connectivity index (χ0n) is 10.9. The van der Waals surface area contributed by atoms with Crippen LogP contribution in [0.15, 0.2) is 18.2 Å². The number of hydrogen-bond donors (Lipinski definition) is 1. The van der Waals surface area contributed by atoms with Crippen molar-refractivity contribution in [3.63, 3.8) is 0 Å². The molecule has 0 spiro atoms. The zero-order valence-corrected chi connectivity index (χ0v) is 11.8. The molecule has 0 aromatic heterocycles. The van der Waals surface area contributed by atoms with Gasteiger partial charge in [0.2, 0.25) is 5.91 Å². The van der Waals surface area contributed by atoms with Gasteiger partial charge in [-0.25, -0.2) is 8.78 Å². The standard InChI is InChI=1S/C14H16F2N2O.ClH/c15-12-3-1-2-9(14(12)16)4-13(19)18-7-10-5-17-6-11(10)8-18;/h1-3,10-11,17H,4-8H2;1H/t10-,11+;. The molecule has 2 aliphatic heterocycles. The lowest BCUT2D eigenvalue weighted by molar-refractivity contribution is -0.129. The molecule has 0 radical (unpaired) electrons. The van der Waals surface area contributed by atoms with Gasteiger partial charge in [0.25, 0.3) is 0 Å². The van der Waals surface area contributed by atoms with Crippen molar-refractivity contribution in [3.8, 4) is 0 Å². The van der Waals surface area contributed by atoms with Crippen molar-refractivity contribution in [1.29, 1.82) is 0 Å². The minimum Gasteiger partial charge on any atom is -0.342 e. The van der Waals surface area contributed by atoms with Gasteiger partial charge in [-0.2, -0.15) is 0 Å². The monoisotopic (exact) mass is 302 g/mol. The molecule has 0 unspecified atom stereocenters. The average Bonchev–Trinajstić information content (AvgIpc) is 2.95. The number of amides is 1. The Morgan fingerprint density at radius 3 is 2.55 bits per heavy atom. The molecule has 110 valence electrons. The summed E-state index contributed by atoms with van der Waals surface area (Å²) in [6, 6.07) is 3.97. The molecule has 1 aromatic carbocycles. The molecular weight excluding hydrogens is 286 g/mol. The Kier molecular flexibility index (Phi) is 4.60. The molecule has 2 aliphatic rings. The summed E-state index contributed by atoms with van der Waals surface area (Å²) in [5, 5.41) is 3.30. The fourth-order valence-corrected chi connectivity index (χ4v) is 3.02. The Morgan fingerprint density at radius 2 is 1.90 bits per heavy atom. The van der Waals surface area contributed by atoms with Crippen LogP contribution < -0.4 is 5.32 Å². The minimum absolute atomic E-state index is 0. The van der Waals surface area contributed by atoms with E-state index in [2.05, 4.69) is 5.32 Å². The van der Waals surface area contributed by atoms with Crippen LogP contribution in [0.2, 0.25) is 0 Å². The van der Waals surface area contributed by atoms with E-state index in [9.17, 15) is 13.6 Å². The molecular formula is C14H17ClF2N2O. The minimum atomic E-state index is -0.906. The first-order valence-corrected chi connectivity index (χ1v) is 6.56. The normalized spacial score (nSPS) is 24.4. The molecule has 3 rings (SSSR count). The van der Waals surface area contributed by atoms with E-state index in [0.29, 0.717) is 11.8 Å². The van der Waals surface area contributed by atoms with Crippen LogP contribution in [0.5, 0.6) is 0 Å². The van der Waals surface area contributed by atoms with Crippen LogP contribution in [0, 0.1) is 23.5 Å². The third-order valence-corrected chi connectivity index (χ3v) is 4.12. The van der Waals surface area contributed by atoms with Crippen LogP contribution in [-0.4, -0.2) is 37.0 Å². The molecule has 1 amide bonds. The molecule has 0 saturated carbocycles. The lowest BCUT2D eigenvalue weighted by Crippen LogP contribution is -2.33. The van der Waals surface area contributed by atoms with E-state index in [1.54, 1.807) is 4.90 Å². The number of hydrogen-bond acceptors (Lipinski definition) is 2. The molecule has 1 N–H and O–H groups in total. The molecule has 2 fully saturated rings. The molecule has 20 heavy (non-hydrogen) atoms. The Morgan fingerprint density at radius 1 is 1.25 bits per heavy atom. The highest BCUT2D eigenvalue weighted by Crippen LogP contribution is 2.27. The van der Waals surface area contributed by atoms with Gasteiger partial charge < -0.3 is 10.2 Å². The SMILES string of the molecule is Cl.O=C(Cc1cccc(F)c1F)N1C[C@H]2CNC[C@H]2C1. The van der Waals surface area contributed by atoms with E-state index in [4.69, 9.17) is 0 Å². The molecule has 2 saturated heterocycles. The number of carbonyl (C=O) groups is 1. The lowest BCUT2D eigenvalue weighted by Gasteiger charge is -2.17. The quantitative estimate of drug-likeness (QED) is 0.900. The fraction of sp³-hybridized carbons (Fsp3) is 0.500. The van der Waals surface area contributed by atoms with Crippen molar-refractivity contribution < 1.29 is 13.6 Å². The van der Waals surface area contributed by atoms with E-state index < -0.39 is 11.6 Å². The first kappa shape index (κ1) is 15.2. The van der Waals surface area contributed by atoms with E-state index in [-0.39, 0.29) is 30.3 Å². The topological polar surface area (TPSA) is 32.3 Å². The number of benzene rings is 1. The van der Waals surface area contributed by atoms with Crippen LogP contribution in [0.25, 0.3) is 0 Å². The summed E-state index contributed by atoms with van der Waals surface area (Å²) in [6.07, 6.45) is -0.0591. The first-order valence-electron chi connectivity index (χ1n) is 6.56. The maximum atomic E-state index is 13.5. The number of halogens is 3. The molecule has 2 heterocycles. The highest BCUT2D eigenvalue weighted by molar-refractivity contribution is 5.85. The van der Waals surface area contributed by atoms with Crippen molar-refractivity contribution >= 4 is 18.3 Å². The predicted molar refractivity (Wildman–Crippen MR) is 73.7 cm³/mol. The van der Waals surface area contributed by atoms with Crippen LogP contribution in [-0.2, 0) is 11.2 Å². The summed E-state index contributed by atoms with van der Waals surface area (Å²) < 4.78 is 26.6. The van der Waals surface area contributed by atoms with Crippen LogP contribution >= 0.6 is 12.4 Å². The van der Waals surface area contributed by atoms with Gasteiger partial charge in [0.1, 0.15) is 0 Å². The smallest absolute Gasteiger partial charge is 0.227 e. The molecule has 2 atom stereocenters. The van der Waals surface area contributed by atoms with Gasteiger partial charge >= 0.3 is 0 Å². The fourth-order valence-electron chi connectivity index (χ4n) is 3.02.